The first-order valence-corrected chi connectivity index (χ1v) is 5.81. The lowest BCUT2D eigenvalue weighted by atomic mass is 9.84. The lowest BCUT2D eigenvalue weighted by Crippen LogP contribution is -2.55. The molecule has 0 amide bonds. The van der Waals surface area contributed by atoms with E-state index in [1.807, 2.05) is 0 Å². The first-order valence-electron chi connectivity index (χ1n) is 5.81. The van der Waals surface area contributed by atoms with Crippen molar-refractivity contribution in [1.29, 1.82) is 0 Å². The van der Waals surface area contributed by atoms with Crippen LogP contribution in [0.5, 0.6) is 0 Å². The summed E-state index contributed by atoms with van der Waals surface area (Å²) in [5, 5.41) is 3.39. The Bertz CT molecular complexity index is 177. The van der Waals surface area contributed by atoms with Crippen LogP contribution in [0.3, 0.4) is 0 Å². The highest BCUT2D eigenvalue weighted by molar-refractivity contribution is 4.87. The third-order valence-electron chi connectivity index (χ3n) is 3.25. The molecule has 0 saturated carbocycles. The molecule has 2 heterocycles. The van der Waals surface area contributed by atoms with Crippen LogP contribution in [0, 0.1) is 5.41 Å². The molecule has 0 aromatic carbocycles. The maximum Gasteiger partial charge on any atom is 0.0110 e. The van der Waals surface area contributed by atoms with E-state index >= 15 is 0 Å². The predicted molar refractivity (Wildman–Crippen MR) is 59.5 cm³/mol. The largest absolute Gasteiger partial charge is 0.314 e. The average Bonchev–Trinajstić information content (AvgIpc) is 2.13. The molecular formula is C11H23N3. The molecule has 1 N–H and O–H groups in total. The number of hydrogen-bond donors (Lipinski definition) is 1. The van der Waals surface area contributed by atoms with Crippen LogP contribution >= 0.6 is 0 Å². The van der Waals surface area contributed by atoms with Crippen LogP contribution in [0.25, 0.3) is 0 Å². The van der Waals surface area contributed by atoms with E-state index in [2.05, 4.69) is 29.0 Å². The predicted octanol–water partition coefficient (Wildman–Crippen LogP) is 0.233. The van der Waals surface area contributed by atoms with E-state index in [1.54, 1.807) is 0 Å². The van der Waals surface area contributed by atoms with Crippen LogP contribution in [0.4, 0.5) is 0 Å². The van der Waals surface area contributed by atoms with Gasteiger partial charge in [0.05, 0.1) is 0 Å². The van der Waals surface area contributed by atoms with Crippen molar-refractivity contribution < 1.29 is 0 Å². The average molecular weight is 197 g/mol. The zero-order valence-corrected chi connectivity index (χ0v) is 9.55. The molecule has 2 fully saturated rings. The van der Waals surface area contributed by atoms with Gasteiger partial charge in [0.1, 0.15) is 0 Å². The van der Waals surface area contributed by atoms with Gasteiger partial charge in [0.25, 0.3) is 0 Å². The molecule has 0 aromatic heterocycles. The second-order valence-electron chi connectivity index (χ2n) is 5.47. The van der Waals surface area contributed by atoms with Crippen molar-refractivity contribution in [2.75, 3.05) is 52.4 Å². The van der Waals surface area contributed by atoms with Gasteiger partial charge in [-0.3, -0.25) is 4.90 Å². The van der Waals surface area contributed by atoms with E-state index in [9.17, 15) is 0 Å². The number of rotatable bonds is 3. The van der Waals surface area contributed by atoms with Crippen molar-refractivity contribution in [2.45, 2.75) is 13.8 Å². The smallest absolute Gasteiger partial charge is 0.0110 e. The highest BCUT2D eigenvalue weighted by Gasteiger charge is 2.33. The monoisotopic (exact) mass is 197 g/mol. The SMILES string of the molecule is CC1(C)CN(CCN2CCNCC2)C1. The molecule has 0 bridgehead atoms. The van der Waals surface area contributed by atoms with E-state index in [-0.39, 0.29) is 0 Å². The van der Waals surface area contributed by atoms with Gasteiger partial charge >= 0.3 is 0 Å². The second kappa shape index (κ2) is 4.17. The highest BCUT2D eigenvalue weighted by Crippen LogP contribution is 2.27. The molecule has 3 nitrogen and oxygen atoms in total. The first-order chi connectivity index (χ1) is 6.66. The molecular weight excluding hydrogens is 174 g/mol. The summed E-state index contributed by atoms with van der Waals surface area (Å²) in [5.41, 5.74) is 0.587. The molecule has 0 atom stereocenters. The molecule has 14 heavy (non-hydrogen) atoms. The zero-order chi connectivity index (χ0) is 10.0. The van der Waals surface area contributed by atoms with Crippen molar-refractivity contribution in [2.24, 2.45) is 5.41 Å². The molecule has 2 rings (SSSR count). The summed E-state index contributed by atoms with van der Waals surface area (Å²) in [6.07, 6.45) is 0. The number of hydrogen-bond acceptors (Lipinski definition) is 3. The number of nitrogens with one attached hydrogen (secondary N) is 1. The summed E-state index contributed by atoms with van der Waals surface area (Å²) in [5.74, 6) is 0. The molecule has 2 aliphatic rings. The number of piperazine rings is 1. The molecule has 0 radical (unpaired) electrons. The molecule has 2 aliphatic heterocycles. The Labute approximate surface area is 87.4 Å². The van der Waals surface area contributed by atoms with Crippen LogP contribution in [0.2, 0.25) is 0 Å². The first kappa shape index (κ1) is 10.4. The molecule has 0 aliphatic carbocycles. The van der Waals surface area contributed by atoms with E-state index < -0.39 is 0 Å². The zero-order valence-electron chi connectivity index (χ0n) is 9.55. The summed E-state index contributed by atoms with van der Waals surface area (Å²) >= 11 is 0. The quantitative estimate of drug-likeness (QED) is 0.699. The third kappa shape index (κ3) is 2.69. The summed E-state index contributed by atoms with van der Waals surface area (Å²) in [6.45, 7) is 14.6. The van der Waals surface area contributed by atoms with Crippen molar-refractivity contribution in [3.8, 4) is 0 Å². The van der Waals surface area contributed by atoms with Crippen LogP contribution in [0.15, 0.2) is 0 Å². The molecule has 2 saturated heterocycles. The number of likely N-dealkylation sites (tertiary alicyclic amines) is 1. The fraction of sp³-hybridized carbons (Fsp3) is 1.00. The molecule has 3 heteroatoms. The fourth-order valence-corrected chi connectivity index (χ4v) is 2.54. The minimum atomic E-state index is 0.587. The van der Waals surface area contributed by atoms with Crippen LogP contribution in [-0.4, -0.2) is 62.2 Å². The van der Waals surface area contributed by atoms with Gasteiger partial charge in [0, 0.05) is 52.4 Å². The van der Waals surface area contributed by atoms with Crippen molar-refractivity contribution >= 4 is 0 Å². The van der Waals surface area contributed by atoms with Gasteiger partial charge in [-0.05, 0) is 5.41 Å². The van der Waals surface area contributed by atoms with Crippen LogP contribution in [0.1, 0.15) is 13.8 Å². The standard InChI is InChI=1S/C11H23N3/c1-11(2)9-14(10-11)8-7-13-5-3-12-4-6-13/h12H,3-10H2,1-2H3. The Morgan fingerprint density at radius 3 is 2.14 bits per heavy atom. The topological polar surface area (TPSA) is 18.5 Å². The molecule has 0 unspecified atom stereocenters. The van der Waals surface area contributed by atoms with E-state index in [0.717, 1.165) is 0 Å². The van der Waals surface area contributed by atoms with Crippen molar-refractivity contribution in [3.05, 3.63) is 0 Å². The maximum atomic E-state index is 3.39. The Balaban J connectivity index is 1.59. The Morgan fingerprint density at radius 2 is 1.57 bits per heavy atom. The van der Waals surface area contributed by atoms with Gasteiger partial charge < -0.3 is 10.2 Å². The molecule has 0 aromatic rings. The van der Waals surface area contributed by atoms with Crippen molar-refractivity contribution in [1.82, 2.24) is 15.1 Å². The van der Waals surface area contributed by atoms with Gasteiger partial charge in [-0.1, -0.05) is 13.8 Å². The van der Waals surface area contributed by atoms with Gasteiger partial charge in [-0.25, -0.2) is 0 Å². The third-order valence-corrected chi connectivity index (χ3v) is 3.25. The Hall–Kier alpha value is -0.120. The summed E-state index contributed by atoms with van der Waals surface area (Å²) in [7, 11) is 0. The van der Waals surface area contributed by atoms with Crippen LogP contribution in [-0.2, 0) is 0 Å². The fourth-order valence-electron chi connectivity index (χ4n) is 2.54. The lowest BCUT2D eigenvalue weighted by molar-refractivity contribution is 0.0224. The molecule has 82 valence electrons. The summed E-state index contributed by atoms with van der Waals surface area (Å²) in [4.78, 5) is 5.14. The minimum absolute atomic E-state index is 0.587. The van der Waals surface area contributed by atoms with E-state index in [1.165, 1.54) is 52.4 Å². The summed E-state index contributed by atoms with van der Waals surface area (Å²) in [6, 6.07) is 0. The van der Waals surface area contributed by atoms with E-state index in [0.29, 0.717) is 5.41 Å². The minimum Gasteiger partial charge on any atom is -0.314 e. The van der Waals surface area contributed by atoms with E-state index in [4.69, 9.17) is 0 Å². The van der Waals surface area contributed by atoms with Gasteiger partial charge in [0.15, 0.2) is 0 Å². The summed E-state index contributed by atoms with van der Waals surface area (Å²) < 4.78 is 0. The van der Waals surface area contributed by atoms with Crippen LogP contribution < -0.4 is 5.32 Å². The van der Waals surface area contributed by atoms with Gasteiger partial charge in [-0.2, -0.15) is 0 Å². The normalized spacial score (nSPS) is 28.7. The second-order valence-corrected chi connectivity index (χ2v) is 5.47. The Morgan fingerprint density at radius 1 is 1.00 bits per heavy atom. The lowest BCUT2D eigenvalue weighted by Gasteiger charge is -2.46. The Kier molecular flexibility index (Phi) is 3.10. The van der Waals surface area contributed by atoms with Gasteiger partial charge in [0.2, 0.25) is 0 Å². The van der Waals surface area contributed by atoms with Gasteiger partial charge in [-0.15, -0.1) is 0 Å². The number of nitrogens with zero attached hydrogens (tertiary/aromatic N) is 2. The van der Waals surface area contributed by atoms with Crippen molar-refractivity contribution in [3.63, 3.8) is 0 Å². The highest BCUT2D eigenvalue weighted by atomic mass is 15.3. The maximum absolute atomic E-state index is 3.39. The molecule has 0 spiro atoms.